The summed E-state index contributed by atoms with van der Waals surface area (Å²) in [4.78, 5) is 0. The Bertz CT molecular complexity index is 229. The SMILES string of the molecule is FC(F)(F)C1CCC2CC[C]=CC2C1. The van der Waals surface area contributed by atoms with Gasteiger partial charge in [-0.3, -0.25) is 0 Å². The molecule has 0 spiro atoms. The van der Waals surface area contributed by atoms with Crippen molar-refractivity contribution >= 4 is 0 Å². The quantitative estimate of drug-likeness (QED) is 0.562. The van der Waals surface area contributed by atoms with Crippen molar-refractivity contribution in [3.63, 3.8) is 0 Å². The Labute approximate surface area is 82.2 Å². The molecule has 3 atom stereocenters. The topological polar surface area (TPSA) is 0 Å². The highest BCUT2D eigenvalue weighted by Crippen LogP contribution is 2.45. The van der Waals surface area contributed by atoms with Crippen LogP contribution in [0, 0.1) is 23.8 Å². The van der Waals surface area contributed by atoms with Crippen LogP contribution in [-0.4, -0.2) is 6.18 Å². The molecule has 1 fully saturated rings. The number of hydrogen-bond donors (Lipinski definition) is 0. The maximum absolute atomic E-state index is 12.5. The van der Waals surface area contributed by atoms with Gasteiger partial charge in [0.05, 0.1) is 5.92 Å². The first-order valence-electron chi connectivity index (χ1n) is 5.21. The first kappa shape index (κ1) is 10.1. The van der Waals surface area contributed by atoms with Gasteiger partial charge in [0.2, 0.25) is 0 Å². The van der Waals surface area contributed by atoms with E-state index in [0.29, 0.717) is 18.8 Å². The Morgan fingerprint density at radius 3 is 2.64 bits per heavy atom. The van der Waals surface area contributed by atoms with E-state index in [-0.39, 0.29) is 5.92 Å². The van der Waals surface area contributed by atoms with Crippen molar-refractivity contribution in [1.82, 2.24) is 0 Å². The van der Waals surface area contributed by atoms with Crippen LogP contribution in [0.15, 0.2) is 6.08 Å². The highest BCUT2D eigenvalue weighted by atomic mass is 19.4. The van der Waals surface area contributed by atoms with E-state index in [9.17, 15) is 13.2 Å². The molecule has 0 aromatic carbocycles. The number of rotatable bonds is 0. The van der Waals surface area contributed by atoms with Gasteiger partial charge in [0.15, 0.2) is 0 Å². The second kappa shape index (κ2) is 3.59. The molecule has 2 aliphatic rings. The van der Waals surface area contributed by atoms with Gasteiger partial charge in [-0.1, -0.05) is 6.08 Å². The van der Waals surface area contributed by atoms with Crippen molar-refractivity contribution in [2.75, 3.05) is 0 Å². The fraction of sp³-hybridized carbons (Fsp3) is 0.818. The highest BCUT2D eigenvalue weighted by Gasteiger charge is 2.44. The predicted molar refractivity (Wildman–Crippen MR) is 47.4 cm³/mol. The molecular formula is C11H14F3. The van der Waals surface area contributed by atoms with Gasteiger partial charge in [0.25, 0.3) is 0 Å². The van der Waals surface area contributed by atoms with Crippen LogP contribution in [0.4, 0.5) is 13.2 Å². The first-order chi connectivity index (χ1) is 6.57. The van der Waals surface area contributed by atoms with Crippen LogP contribution in [0.5, 0.6) is 0 Å². The molecule has 79 valence electrons. The van der Waals surface area contributed by atoms with E-state index in [1.165, 1.54) is 0 Å². The molecule has 0 N–H and O–H groups in total. The van der Waals surface area contributed by atoms with Gasteiger partial charge < -0.3 is 0 Å². The molecule has 0 aromatic heterocycles. The lowest BCUT2D eigenvalue weighted by Crippen LogP contribution is -2.33. The zero-order chi connectivity index (χ0) is 10.2. The van der Waals surface area contributed by atoms with Crippen molar-refractivity contribution < 1.29 is 13.2 Å². The van der Waals surface area contributed by atoms with Crippen molar-refractivity contribution in [1.29, 1.82) is 0 Å². The van der Waals surface area contributed by atoms with Gasteiger partial charge in [-0.05, 0) is 50.0 Å². The van der Waals surface area contributed by atoms with E-state index in [4.69, 9.17) is 0 Å². The minimum absolute atomic E-state index is 0.143. The Kier molecular flexibility index (Phi) is 2.58. The molecule has 2 rings (SSSR count). The number of fused-ring (bicyclic) bond motifs is 1. The Hall–Kier alpha value is -0.470. The molecular weight excluding hydrogens is 189 g/mol. The summed E-state index contributed by atoms with van der Waals surface area (Å²) in [6.45, 7) is 0. The molecule has 3 unspecified atom stereocenters. The van der Waals surface area contributed by atoms with Gasteiger partial charge in [-0.2, -0.15) is 13.2 Å². The van der Waals surface area contributed by atoms with E-state index in [1.807, 2.05) is 6.08 Å². The molecule has 0 amide bonds. The van der Waals surface area contributed by atoms with E-state index in [1.54, 1.807) is 0 Å². The molecule has 3 heteroatoms. The maximum Gasteiger partial charge on any atom is 0.391 e. The van der Waals surface area contributed by atoms with Crippen LogP contribution in [0.3, 0.4) is 0 Å². The average molecular weight is 203 g/mol. The zero-order valence-electron chi connectivity index (χ0n) is 7.98. The van der Waals surface area contributed by atoms with Gasteiger partial charge in [0.1, 0.15) is 0 Å². The molecule has 0 aliphatic heterocycles. The lowest BCUT2D eigenvalue weighted by Gasteiger charge is -2.37. The van der Waals surface area contributed by atoms with E-state index in [0.717, 1.165) is 19.3 Å². The van der Waals surface area contributed by atoms with Crippen LogP contribution in [0.1, 0.15) is 32.1 Å². The number of hydrogen-bond acceptors (Lipinski definition) is 0. The highest BCUT2D eigenvalue weighted by molar-refractivity contribution is 4.97. The van der Waals surface area contributed by atoms with Crippen LogP contribution >= 0.6 is 0 Å². The van der Waals surface area contributed by atoms with Gasteiger partial charge in [-0.25, -0.2) is 0 Å². The summed E-state index contributed by atoms with van der Waals surface area (Å²) in [6.07, 6.45) is 4.28. The summed E-state index contributed by atoms with van der Waals surface area (Å²) in [5.74, 6) is -0.432. The van der Waals surface area contributed by atoms with Gasteiger partial charge in [-0.15, -0.1) is 0 Å². The monoisotopic (exact) mass is 203 g/mol. The molecule has 2 aliphatic carbocycles. The van der Waals surface area contributed by atoms with Crippen molar-refractivity contribution in [2.45, 2.75) is 38.3 Å². The molecule has 1 radical (unpaired) electrons. The summed E-state index contributed by atoms with van der Waals surface area (Å²) in [5, 5.41) is 0. The maximum atomic E-state index is 12.5. The summed E-state index contributed by atoms with van der Waals surface area (Å²) < 4.78 is 37.4. The third-order valence-corrected chi connectivity index (χ3v) is 3.50. The second-order valence-corrected chi connectivity index (χ2v) is 4.38. The second-order valence-electron chi connectivity index (χ2n) is 4.38. The average Bonchev–Trinajstić information content (AvgIpc) is 2.16. The summed E-state index contributed by atoms with van der Waals surface area (Å²) in [6, 6.07) is 0. The van der Waals surface area contributed by atoms with Crippen LogP contribution in [-0.2, 0) is 0 Å². The summed E-state index contributed by atoms with van der Waals surface area (Å²) in [5.41, 5.74) is 0. The molecule has 0 aromatic rings. The molecule has 0 nitrogen and oxygen atoms in total. The Balaban J connectivity index is 2.02. The minimum Gasteiger partial charge on any atom is -0.171 e. The molecule has 0 bridgehead atoms. The zero-order valence-corrected chi connectivity index (χ0v) is 7.98. The van der Waals surface area contributed by atoms with E-state index >= 15 is 0 Å². The van der Waals surface area contributed by atoms with Crippen molar-refractivity contribution in [3.05, 3.63) is 12.2 Å². The normalized spacial score (nSPS) is 38.1. The molecule has 0 saturated heterocycles. The Morgan fingerprint density at radius 2 is 1.93 bits per heavy atom. The fourth-order valence-electron chi connectivity index (χ4n) is 2.63. The van der Waals surface area contributed by atoms with E-state index < -0.39 is 12.1 Å². The number of allylic oxidation sites excluding steroid dienone is 2. The lowest BCUT2D eigenvalue weighted by molar-refractivity contribution is -0.187. The number of alkyl halides is 3. The van der Waals surface area contributed by atoms with Gasteiger partial charge in [0, 0.05) is 0 Å². The lowest BCUT2D eigenvalue weighted by atomic mass is 9.70. The third kappa shape index (κ3) is 1.96. The van der Waals surface area contributed by atoms with Crippen molar-refractivity contribution in [2.24, 2.45) is 17.8 Å². The van der Waals surface area contributed by atoms with Crippen molar-refractivity contribution in [3.8, 4) is 0 Å². The van der Waals surface area contributed by atoms with Crippen LogP contribution in [0.2, 0.25) is 0 Å². The minimum atomic E-state index is -3.99. The Morgan fingerprint density at radius 1 is 1.14 bits per heavy atom. The standard InChI is InChI=1S/C11H14F3/c12-11(13,14)10-6-5-8-3-1-2-4-9(8)7-10/h4,8-10H,1,3,5-7H2. The molecule has 14 heavy (non-hydrogen) atoms. The van der Waals surface area contributed by atoms with E-state index in [2.05, 4.69) is 6.08 Å². The fourth-order valence-corrected chi connectivity index (χ4v) is 2.63. The first-order valence-corrected chi connectivity index (χ1v) is 5.21. The third-order valence-electron chi connectivity index (χ3n) is 3.50. The largest absolute Gasteiger partial charge is 0.391 e. The molecule has 0 heterocycles. The summed E-state index contributed by atoms with van der Waals surface area (Å²) in [7, 11) is 0. The summed E-state index contributed by atoms with van der Waals surface area (Å²) >= 11 is 0. The van der Waals surface area contributed by atoms with Crippen LogP contribution in [0.25, 0.3) is 0 Å². The smallest absolute Gasteiger partial charge is 0.171 e. The van der Waals surface area contributed by atoms with Crippen LogP contribution < -0.4 is 0 Å². The predicted octanol–water partition coefficient (Wildman–Crippen LogP) is 3.73. The van der Waals surface area contributed by atoms with Gasteiger partial charge >= 0.3 is 6.18 Å². The molecule has 1 saturated carbocycles. The number of halogens is 3.